The van der Waals surface area contributed by atoms with Gasteiger partial charge in [0.15, 0.2) is 0 Å². The summed E-state index contributed by atoms with van der Waals surface area (Å²) < 4.78 is 17.6. The van der Waals surface area contributed by atoms with Crippen molar-refractivity contribution < 1.29 is 9.47 Å². The molecule has 0 amide bonds. The van der Waals surface area contributed by atoms with Crippen molar-refractivity contribution >= 4 is 54.4 Å². The fourth-order valence-corrected chi connectivity index (χ4v) is 7.70. The van der Waals surface area contributed by atoms with Gasteiger partial charge in [0, 0.05) is 67.9 Å². The van der Waals surface area contributed by atoms with E-state index < -0.39 is 0 Å². The molecule has 4 nitrogen and oxygen atoms in total. The Hall–Kier alpha value is -6.10. The van der Waals surface area contributed by atoms with Gasteiger partial charge in [0.05, 0.1) is 11.0 Å². The van der Waals surface area contributed by atoms with Crippen LogP contribution in [0.5, 0.6) is 11.5 Å². The number of ether oxygens (including phenoxy) is 2. The van der Waals surface area contributed by atoms with E-state index in [1.165, 1.54) is 32.6 Å². The third-order valence-corrected chi connectivity index (χ3v) is 9.47. The zero-order valence-electron chi connectivity index (χ0n) is 27.1. The van der Waals surface area contributed by atoms with E-state index in [4.69, 9.17) is 22.3 Å². The lowest BCUT2D eigenvalue weighted by atomic mass is 9.87. The van der Waals surface area contributed by atoms with Gasteiger partial charge in [0.25, 0.3) is 0 Å². The normalized spacial score (nSPS) is 11.4. The SMILES string of the molecule is C#CCOc1ccccc1-c1c2c3ccccc3n(CC)c2c(-c2c(OCC#C)ccc3ccccc23)c2c3ccccc3n(CC)c12. The van der Waals surface area contributed by atoms with Crippen LogP contribution in [0.3, 0.4) is 0 Å². The zero-order chi connectivity index (χ0) is 32.8. The van der Waals surface area contributed by atoms with Crippen LogP contribution in [0.15, 0.2) is 109 Å². The largest absolute Gasteiger partial charge is 0.480 e. The molecule has 0 aliphatic heterocycles. The number of hydrogen-bond donors (Lipinski definition) is 0. The second-order valence-corrected chi connectivity index (χ2v) is 11.9. The van der Waals surface area contributed by atoms with Gasteiger partial charge >= 0.3 is 0 Å². The first kappa shape index (κ1) is 29.3. The van der Waals surface area contributed by atoms with E-state index in [1.54, 1.807) is 0 Å². The first-order valence-electron chi connectivity index (χ1n) is 16.4. The number of aryl methyl sites for hydroxylation is 2. The number of para-hydroxylation sites is 3. The summed E-state index contributed by atoms with van der Waals surface area (Å²) in [6.07, 6.45) is 11.5. The van der Waals surface area contributed by atoms with Crippen LogP contribution < -0.4 is 9.47 Å². The molecular weight excluding hydrogens is 588 g/mol. The monoisotopic (exact) mass is 622 g/mol. The van der Waals surface area contributed by atoms with Crippen LogP contribution in [-0.2, 0) is 13.1 Å². The maximum Gasteiger partial charge on any atom is 0.148 e. The molecule has 4 heteroatoms. The third kappa shape index (κ3) is 4.27. The second-order valence-electron chi connectivity index (χ2n) is 11.9. The molecule has 0 radical (unpaired) electrons. The van der Waals surface area contributed by atoms with Crippen molar-refractivity contribution in [3.05, 3.63) is 109 Å². The topological polar surface area (TPSA) is 28.3 Å². The molecule has 0 unspecified atom stereocenters. The average molecular weight is 623 g/mol. The number of fused-ring (bicyclic) bond motifs is 7. The predicted molar refractivity (Wildman–Crippen MR) is 201 cm³/mol. The highest BCUT2D eigenvalue weighted by atomic mass is 16.5. The second kappa shape index (κ2) is 11.9. The highest BCUT2D eigenvalue weighted by Gasteiger charge is 2.30. The smallest absolute Gasteiger partial charge is 0.148 e. The highest BCUT2D eigenvalue weighted by molar-refractivity contribution is 6.34. The summed E-state index contributed by atoms with van der Waals surface area (Å²) in [6, 6.07) is 38.5. The lowest BCUT2D eigenvalue weighted by Gasteiger charge is -2.21. The van der Waals surface area contributed by atoms with E-state index in [0.29, 0.717) is 0 Å². The summed E-state index contributed by atoms with van der Waals surface area (Å²) in [7, 11) is 0. The summed E-state index contributed by atoms with van der Waals surface area (Å²) in [5.41, 5.74) is 8.95. The molecular formula is C44H34N2O2. The molecule has 2 heterocycles. The van der Waals surface area contributed by atoms with Crippen molar-refractivity contribution in [1.29, 1.82) is 0 Å². The third-order valence-electron chi connectivity index (χ3n) is 9.47. The summed E-state index contributed by atoms with van der Waals surface area (Å²) in [5, 5.41) is 6.94. The summed E-state index contributed by atoms with van der Waals surface area (Å²) >= 11 is 0. The average Bonchev–Trinajstić information content (AvgIpc) is 3.65. The summed E-state index contributed by atoms with van der Waals surface area (Å²) in [5.74, 6) is 6.89. The number of aromatic nitrogens is 2. The minimum Gasteiger partial charge on any atom is -0.480 e. The van der Waals surface area contributed by atoms with Gasteiger partial charge < -0.3 is 18.6 Å². The molecule has 2 aromatic heterocycles. The Morgan fingerprint density at radius 1 is 0.521 bits per heavy atom. The van der Waals surface area contributed by atoms with E-state index in [0.717, 1.165) is 68.6 Å². The zero-order valence-corrected chi connectivity index (χ0v) is 27.1. The molecule has 0 atom stereocenters. The minimum atomic E-state index is 0.170. The Bertz CT molecular complexity index is 2620. The molecule has 0 saturated heterocycles. The van der Waals surface area contributed by atoms with Crippen molar-refractivity contribution in [3.63, 3.8) is 0 Å². The van der Waals surface area contributed by atoms with Crippen LogP contribution >= 0.6 is 0 Å². The van der Waals surface area contributed by atoms with Gasteiger partial charge in [0.2, 0.25) is 0 Å². The molecule has 6 aromatic carbocycles. The van der Waals surface area contributed by atoms with Crippen LogP contribution in [0, 0.1) is 24.7 Å². The van der Waals surface area contributed by atoms with Crippen molar-refractivity contribution in [3.8, 4) is 58.4 Å². The minimum absolute atomic E-state index is 0.170. The first-order chi connectivity index (χ1) is 23.7. The molecule has 8 aromatic rings. The molecule has 232 valence electrons. The van der Waals surface area contributed by atoms with Gasteiger partial charge in [-0.1, -0.05) is 96.8 Å². The van der Waals surface area contributed by atoms with Crippen LogP contribution in [-0.4, -0.2) is 22.3 Å². The van der Waals surface area contributed by atoms with Crippen molar-refractivity contribution in [2.24, 2.45) is 0 Å². The van der Waals surface area contributed by atoms with E-state index in [9.17, 15) is 0 Å². The number of benzene rings is 6. The Labute approximate surface area is 280 Å². The first-order valence-corrected chi connectivity index (χ1v) is 16.4. The van der Waals surface area contributed by atoms with Gasteiger partial charge in [-0.05, 0) is 48.9 Å². The van der Waals surface area contributed by atoms with Gasteiger partial charge in [-0.25, -0.2) is 0 Å². The fraction of sp³-hybridized carbons (Fsp3) is 0.136. The van der Waals surface area contributed by atoms with Crippen LogP contribution in [0.25, 0.3) is 76.6 Å². The maximum atomic E-state index is 6.43. The molecule has 0 aliphatic rings. The van der Waals surface area contributed by atoms with Crippen LogP contribution in [0.1, 0.15) is 13.8 Å². The lowest BCUT2D eigenvalue weighted by molar-refractivity contribution is 0.372. The number of terminal acetylenes is 2. The fourth-order valence-electron chi connectivity index (χ4n) is 7.70. The van der Waals surface area contributed by atoms with Crippen LogP contribution in [0.2, 0.25) is 0 Å². The number of hydrogen-bond acceptors (Lipinski definition) is 2. The van der Waals surface area contributed by atoms with Gasteiger partial charge in [0.1, 0.15) is 24.7 Å². The standard InChI is InChI=1S/C44H34N2O2/c1-5-27-47-36-24-16-13-21-33(36)41-39-31-19-11-14-22-34(31)46(8-4)44(39)42(40-32-20-12-15-23-35(32)45(7-3)43(40)41)38-30-18-10-9-17-29(30)25-26-37(38)48-28-6-2/h1-2,9-26H,7-8,27-28H2,3-4H3. The molecule has 0 aliphatic carbocycles. The van der Waals surface area contributed by atoms with Gasteiger partial charge in [-0.3, -0.25) is 0 Å². The Morgan fingerprint density at radius 3 is 1.69 bits per heavy atom. The summed E-state index contributed by atoms with van der Waals surface area (Å²) in [6.45, 7) is 6.34. The van der Waals surface area contributed by atoms with E-state index in [1.807, 2.05) is 12.1 Å². The Kier molecular flexibility index (Phi) is 7.28. The van der Waals surface area contributed by atoms with E-state index in [-0.39, 0.29) is 13.2 Å². The quantitative estimate of drug-likeness (QED) is 0.158. The molecule has 0 bridgehead atoms. The van der Waals surface area contributed by atoms with Crippen molar-refractivity contribution in [2.75, 3.05) is 13.2 Å². The Morgan fingerprint density at radius 2 is 1.04 bits per heavy atom. The lowest BCUT2D eigenvalue weighted by Crippen LogP contribution is -2.02. The molecule has 8 rings (SSSR count). The van der Waals surface area contributed by atoms with Crippen molar-refractivity contribution in [2.45, 2.75) is 26.9 Å². The molecule has 0 saturated carbocycles. The molecule has 0 spiro atoms. The summed E-state index contributed by atoms with van der Waals surface area (Å²) in [4.78, 5) is 0. The molecule has 0 N–H and O–H groups in total. The van der Waals surface area contributed by atoms with Gasteiger partial charge in [-0.15, -0.1) is 12.8 Å². The Balaban J connectivity index is 1.74. The maximum absolute atomic E-state index is 6.43. The number of nitrogens with zero attached hydrogens (tertiary/aromatic N) is 2. The number of rotatable bonds is 8. The molecule has 48 heavy (non-hydrogen) atoms. The van der Waals surface area contributed by atoms with Gasteiger partial charge in [-0.2, -0.15) is 0 Å². The van der Waals surface area contributed by atoms with Crippen molar-refractivity contribution in [1.82, 2.24) is 9.13 Å². The van der Waals surface area contributed by atoms with E-state index >= 15 is 0 Å². The van der Waals surface area contributed by atoms with E-state index in [2.05, 4.69) is 132 Å². The predicted octanol–water partition coefficient (Wildman–Crippen LogP) is 10.5. The molecule has 0 fully saturated rings. The van der Waals surface area contributed by atoms with Crippen LogP contribution in [0.4, 0.5) is 0 Å². The highest BCUT2D eigenvalue weighted by Crippen LogP contribution is 2.54.